The molecule has 0 spiro atoms. The zero-order valence-electron chi connectivity index (χ0n) is 14.6. The third-order valence-corrected chi connectivity index (χ3v) is 4.57. The van der Waals surface area contributed by atoms with Crippen molar-refractivity contribution in [2.45, 2.75) is 40.5 Å². The summed E-state index contributed by atoms with van der Waals surface area (Å²) in [5.41, 5.74) is 5.60. The van der Waals surface area contributed by atoms with E-state index in [1.807, 2.05) is 0 Å². The molecule has 0 aromatic heterocycles. The summed E-state index contributed by atoms with van der Waals surface area (Å²) in [6.45, 7) is 13.3. The van der Waals surface area contributed by atoms with Crippen LogP contribution in [0.15, 0.2) is 47.7 Å². The Balaban J connectivity index is 1.97. The fourth-order valence-corrected chi connectivity index (χ4v) is 2.81. The molecule has 120 valence electrons. The fraction of sp³-hybridized carbons (Fsp3) is 0.500. The minimum atomic E-state index is 1.11. The maximum Gasteiger partial charge on any atom is 0.0367 e. The first-order valence-corrected chi connectivity index (χ1v) is 8.57. The Hall–Kier alpha value is -1.70. The molecule has 0 saturated carbocycles. The maximum atomic E-state index is 2.55. The van der Waals surface area contributed by atoms with Crippen molar-refractivity contribution in [2.75, 3.05) is 31.1 Å². The van der Waals surface area contributed by atoms with E-state index in [2.05, 4.69) is 73.9 Å². The Kier molecular flexibility index (Phi) is 6.11. The molecular formula is C20H30N2. The van der Waals surface area contributed by atoms with Gasteiger partial charge in [-0.1, -0.05) is 43.2 Å². The summed E-state index contributed by atoms with van der Waals surface area (Å²) in [4.78, 5) is 5.04. The van der Waals surface area contributed by atoms with E-state index in [1.54, 1.807) is 0 Å². The first-order valence-electron chi connectivity index (χ1n) is 8.57. The van der Waals surface area contributed by atoms with E-state index in [4.69, 9.17) is 0 Å². The average Bonchev–Trinajstić information content (AvgIpc) is 2.56. The second kappa shape index (κ2) is 8.07. The molecule has 1 aromatic rings. The number of hydrogen-bond donors (Lipinski definition) is 0. The molecular weight excluding hydrogens is 268 g/mol. The van der Waals surface area contributed by atoms with Gasteiger partial charge in [0.25, 0.3) is 0 Å². The summed E-state index contributed by atoms with van der Waals surface area (Å²) in [6.07, 6.45) is 6.85. The van der Waals surface area contributed by atoms with Gasteiger partial charge >= 0.3 is 0 Å². The van der Waals surface area contributed by atoms with Gasteiger partial charge in [-0.2, -0.15) is 0 Å². The lowest BCUT2D eigenvalue weighted by atomic mass is 10.1. The van der Waals surface area contributed by atoms with Crippen molar-refractivity contribution in [3.05, 3.63) is 53.3 Å². The van der Waals surface area contributed by atoms with Crippen LogP contribution >= 0.6 is 0 Å². The van der Waals surface area contributed by atoms with Gasteiger partial charge in [-0.25, -0.2) is 0 Å². The second-order valence-corrected chi connectivity index (χ2v) is 6.19. The molecule has 1 heterocycles. The van der Waals surface area contributed by atoms with Crippen molar-refractivity contribution in [3.63, 3.8) is 0 Å². The lowest BCUT2D eigenvalue weighted by Gasteiger charge is -2.38. The first kappa shape index (κ1) is 16.7. The molecule has 2 heteroatoms. The smallest absolute Gasteiger partial charge is 0.0367 e. The predicted molar refractivity (Wildman–Crippen MR) is 97.4 cm³/mol. The molecule has 0 aliphatic carbocycles. The third-order valence-electron chi connectivity index (χ3n) is 4.57. The van der Waals surface area contributed by atoms with Crippen LogP contribution in [0.25, 0.3) is 0 Å². The van der Waals surface area contributed by atoms with Gasteiger partial charge < -0.3 is 9.80 Å². The number of aryl methyl sites for hydroxylation is 1. The van der Waals surface area contributed by atoms with Gasteiger partial charge in [0, 0.05) is 37.6 Å². The molecule has 0 N–H and O–H groups in total. The van der Waals surface area contributed by atoms with Gasteiger partial charge in [0.2, 0.25) is 0 Å². The van der Waals surface area contributed by atoms with Gasteiger partial charge in [0.05, 0.1) is 0 Å². The van der Waals surface area contributed by atoms with Crippen LogP contribution in [0.5, 0.6) is 0 Å². The molecule has 1 fully saturated rings. The highest BCUT2D eigenvalue weighted by Gasteiger charge is 2.17. The lowest BCUT2D eigenvalue weighted by Crippen LogP contribution is -2.45. The van der Waals surface area contributed by atoms with Crippen molar-refractivity contribution in [1.29, 1.82) is 0 Å². The number of hydrogen-bond acceptors (Lipinski definition) is 2. The van der Waals surface area contributed by atoms with E-state index in [-0.39, 0.29) is 0 Å². The summed E-state index contributed by atoms with van der Waals surface area (Å²) in [7, 11) is 0. The minimum Gasteiger partial charge on any atom is -0.371 e. The molecule has 0 unspecified atom stereocenters. The Bertz CT molecular complexity index is 517. The van der Waals surface area contributed by atoms with Crippen LogP contribution in [0.3, 0.4) is 0 Å². The molecule has 1 aliphatic heterocycles. The molecule has 2 rings (SSSR count). The molecule has 0 amide bonds. The SMILES string of the molecule is CC/C(C)=C\C=C(/CC)N1CCN(c2ccc(C)cc2)CC1. The molecule has 1 aromatic carbocycles. The normalized spacial score (nSPS) is 17.1. The maximum absolute atomic E-state index is 2.55. The van der Waals surface area contributed by atoms with E-state index < -0.39 is 0 Å². The summed E-state index contributed by atoms with van der Waals surface area (Å²) in [5, 5.41) is 0. The monoisotopic (exact) mass is 298 g/mol. The highest BCUT2D eigenvalue weighted by molar-refractivity contribution is 5.48. The van der Waals surface area contributed by atoms with Crippen LogP contribution in [-0.4, -0.2) is 31.1 Å². The zero-order valence-corrected chi connectivity index (χ0v) is 14.6. The van der Waals surface area contributed by atoms with Crippen molar-refractivity contribution < 1.29 is 0 Å². The van der Waals surface area contributed by atoms with Crippen molar-refractivity contribution in [3.8, 4) is 0 Å². The molecule has 22 heavy (non-hydrogen) atoms. The van der Waals surface area contributed by atoms with Crippen LogP contribution in [-0.2, 0) is 0 Å². The molecule has 0 radical (unpaired) electrons. The Morgan fingerprint density at radius 1 is 0.955 bits per heavy atom. The number of allylic oxidation sites excluding steroid dienone is 4. The van der Waals surface area contributed by atoms with E-state index >= 15 is 0 Å². The lowest BCUT2D eigenvalue weighted by molar-refractivity contribution is 0.313. The Morgan fingerprint density at radius 2 is 1.59 bits per heavy atom. The molecule has 2 nitrogen and oxygen atoms in total. The molecule has 0 atom stereocenters. The van der Waals surface area contributed by atoms with Gasteiger partial charge in [-0.15, -0.1) is 0 Å². The van der Waals surface area contributed by atoms with Gasteiger partial charge in [0.15, 0.2) is 0 Å². The Labute approximate surface area is 136 Å². The number of piperazine rings is 1. The van der Waals surface area contributed by atoms with E-state index in [1.165, 1.54) is 22.5 Å². The van der Waals surface area contributed by atoms with Crippen LogP contribution in [0.4, 0.5) is 5.69 Å². The molecule has 1 saturated heterocycles. The van der Waals surface area contributed by atoms with Gasteiger partial charge in [-0.05, 0) is 44.9 Å². The highest BCUT2D eigenvalue weighted by atomic mass is 15.3. The first-order chi connectivity index (χ1) is 10.6. The summed E-state index contributed by atoms with van der Waals surface area (Å²) < 4.78 is 0. The minimum absolute atomic E-state index is 1.11. The van der Waals surface area contributed by atoms with Crippen LogP contribution < -0.4 is 4.90 Å². The quantitative estimate of drug-likeness (QED) is 0.723. The average molecular weight is 298 g/mol. The van der Waals surface area contributed by atoms with E-state index in [0.29, 0.717) is 0 Å². The fourth-order valence-electron chi connectivity index (χ4n) is 2.81. The van der Waals surface area contributed by atoms with Crippen molar-refractivity contribution in [1.82, 2.24) is 4.90 Å². The second-order valence-electron chi connectivity index (χ2n) is 6.19. The summed E-state index contributed by atoms with van der Waals surface area (Å²) in [5.74, 6) is 0. The summed E-state index contributed by atoms with van der Waals surface area (Å²) >= 11 is 0. The van der Waals surface area contributed by atoms with Crippen molar-refractivity contribution >= 4 is 5.69 Å². The number of anilines is 1. The highest BCUT2D eigenvalue weighted by Crippen LogP contribution is 2.20. The predicted octanol–water partition coefficient (Wildman–Crippen LogP) is 4.77. The Morgan fingerprint density at radius 3 is 2.14 bits per heavy atom. The standard InChI is InChI=1S/C20H30N2/c1-5-17(3)7-10-19(6-2)21-13-15-22(16-14-21)20-11-8-18(4)9-12-20/h7-12H,5-6,13-16H2,1-4H3/b17-7-,19-10+. The van der Waals surface area contributed by atoms with Gasteiger partial charge in [-0.3, -0.25) is 0 Å². The van der Waals surface area contributed by atoms with Crippen LogP contribution in [0.2, 0.25) is 0 Å². The zero-order chi connectivity index (χ0) is 15.9. The van der Waals surface area contributed by atoms with Gasteiger partial charge in [0.1, 0.15) is 0 Å². The van der Waals surface area contributed by atoms with E-state index in [0.717, 1.165) is 39.0 Å². The molecule has 0 bridgehead atoms. The third kappa shape index (κ3) is 4.40. The number of rotatable bonds is 5. The largest absolute Gasteiger partial charge is 0.371 e. The van der Waals surface area contributed by atoms with Crippen LogP contribution in [0, 0.1) is 6.92 Å². The number of benzene rings is 1. The topological polar surface area (TPSA) is 6.48 Å². The van der Waals surface area contributed by atoms with Crippen LogP contribution in [0.1, 0.15) is 39.2 Å². The molecule has 1 aliphatic rings. The summed E-state index contributed by atoms with van der Waals surface area (Å²) in [6, 6.07) is 8.90. The van der Waals surface area contributed by atoms with Crippen molar-refractivity contribution in [2.24, 2.45) is 0 Å². The van der Waals surface area contributed by atoms with E-state index in [9.17, 15) is 0 Å². The number of nitrogens with zero attached hydrogens (tertiary/aromatic N) is 2.